The van der Waals surface area contributed by atoms with E-state index in [0.29, 0.717) is 11.3 Å². The normalized spacial score (nSPS) is 14.3. The van der Waals surface area contributed by atoms with Gasteiger partial charge in [-0.1, -0.05) is 26.0 Å². The number of aromatic amines is 1. The van der Waals surface area contributed by atoms with Crippen LogP contribution >= 0.6 is 12.6 Å². The molecule has 0 saturated heterocycles. The topological polar surface area (TPSA) is 200 Å². The van der Waals surface area contributed by atoms with Crippen LogP contribution in [0.4, 0.5) is 0 Å². The number of aromatic hydroxyl groups is 1. The first-order valence-corrected chi connectivity index (χ1v) is 12.4. The molecule has 0 radical (unpaired) electrons. The molecule has 0 aliphatic carbocycles. The third-order valence-corrected chi connectivity index (χ3v) is 5.84. The minimum atomic E-state index is -1.26. The lowest BCUT2D eigenvalue weighted by Gasteiger charge is -2.25. The Hall–Kier alpha value is -3.58. The minimum Gasteiger partial charge on any atom is -0.508 e. The van der Waals surface area contributed by atoms with Gasteiger partial charge < -0.3 is 36.9 Å². The van der Waals surface area contributed by atoms with Crippen molar-refractivity contribution in [2.24, 2.45) is 11.7 Å². The number of carbonyl (C=O) groups is 4. The van der Waals surface area contributed by atoms with E-state index < -0.39 is 47.9 Å². The molecular weight excluding hydrogens is 500 g/mol. The molecule has 8 N–H and O–H groups in total. The molecule has 4 atom stereocenters. The summed E-state index contributed by atoms with van der Waals surface area (Å²) in [5, 5.41) is 26.7. The Kier molecular flexibility index (Phi) is 11.4. The van der Waals surface area contributed by atoms with Crippen molar-refractivity contribution in [2.75, 3.05) is 5.75 Å². The first kappa shape index (κ1) is 29.6. The van der Waals surface area contributed by atoms with E-state index in [1.54, 1.807) is 12.1 Å². The highest BCUT2D eigenvalue weighted by molar-refractivity contribution is 7.80. The monoisotopic (exact) mass is 534 g/mol. The molecule has 202 valence electrons. The lowest BCUT2D eigenvalue weighted by Crippen LogP contribution is -2.58. The Morgan fingerprint density at radius 2 is 1.57 bits per heavy atom. The summed E-state index contributed by atoms with van der Waals surface area (Å²) in [7, 11) is 0. The summed E-state index contributed by atoms with van der Waals surface area (Å²) in [6.45, 7) is 3.70. The molecule has 2 rings (SSSR count). The molecule has 1 aromatic carbocycles. The van der Waals surface area contributed by atoms with Crippen molar-refractivity contribution in [3.8, 4) is 5.75 Å². The van der Waals surface area contributed by atoms with E-state index in [9.17, 15) is 29.4 Å². The van der Waals surface area contributed by atoms with Crippen LogP contribution in [0.15, 0.2) is 36.8 Å². The van der Waals surface area contributed by atoms with Crippen LogP contribution in [0, 0.1) is 5.92 Å². The second-order valence-electron chi connectivity index (χ2n) is 9.09. The van der Waals surface area contributed by atoms with E-state index >= 15 is 0 Å². The zero-order valence-electron chi connectivity index (χ0n) is 20.7. The minimum absolute atomic E-state index is 0.0108. The molecule has 1 heterocycles. The molecule has 2 aromatic rings. The number of carbonyl (C=O) groups excluding carboxylic acids is 3. The average Bonchev–Trinajstić information content (AvgIpc) is 3.35. The number of nitrogens with zero attached hydrogens (tertiary/aromatic N) is 1. The van der Waals surface area contributed by atoms with Crippen molar-refractivity contribution in [3.63, 3.8) is 0 Å². The quantitative estimate of drug-likeness (QED) is 0.152. The predicted molar refractivity (Wildman–Crippen MR) is 139 cm³/mol. The number of H-pyrrole nitrogens is 1. The van der Waals surface area contributed by atoms with Crippen molar-refractivity contribution in [1.82, 2.24) is 25.9 Å². The molecule has 12 nitrogen and oxygen atoms in total. The van der Waals surface area contributed by atoms with Gasteiger partial charge in [0.05, 0.1) is 12.4 Å². The van der Waals surface area contributed by atoms with Gasteiger partial charge in [-0.2, -0.15) is 12.6 Å². The van der Waals surface area contributed by atoms with Gasteiger partial charge in [-0.05, 0) is 30.0 Å². The Balaban J connectivity index is 2.04. The molecule has 1 aromatic heterocycles. The molecule has 0 bridgehead atoms. The lowest BCUT2D eigenvalue weighted by molar-refractivity contribution is -0.142. The first-order valence-electron chi connectivity index (χ1n) is 11.8. The number of hydrogen-bond donors (Lipinski definition) is 8. The number of benzene rings is 1. The van der Waals surface area contributed by atoms with Crippen LogP contribution in [0.5, 0.6) is 5.75 Å². The molecule has 37 heavy (non-hydrogen) atoms. The van der Waals surface area contributed by atoms with Crippen LogP contribution in [-0.2, 0) is 32.0 Å². The van der Waals surface area contributed by atoms with Gasteiger partial charge >= 0.3 is 5.97 Å². The Morgan fingerprint density at radius 1 is 0.973 bits per heavy atom. The van der Waals surface area contributed by atoms with E-state index in [1.807, 2.05) is 13.8 Å². The number of nitrogens with one attached hydrogen (secondary N) is 4. The molecule has 0 aliphatic rings. The number of hydrogen-bond acceptors (Lipinski definition) is 8. The third-order valence-electron chi connectivity index (χ3n) is 5.48. The second kappa shape index (κ2) is 14.2. The zero-order chi connectivity index (χ0) is 27.5. The molecule has 0 aliphatic heterocycles. The number of imidazole rings is 1. The highest BCUT2D eigenvalue weighted by Crippen LogP contribution is 2.12. The van der Waals surface area contributed by atoms with E-state index in [4.69, 9.17) is 5.73 Å². The summed E-state index contributed by atoms with van der Waals surface area (Å²) in [6.07, 6.45) is 3.40. The van der Waals surface area contributed by atoms with Crippen LogP contribution in [0.2, 0.25) is 0 Å². The fourth-order valence-electron chi connectivity index (χ4n) is 3.51. The summed E-state index contributed by atoms with van der Waals surface area (Å²) < 4.78 is 0. The smallest absolute Gasteiger partial charge is 0.326 e. The summed E-state index contributed by atoms with van der Waals surface area (Å²) in [5.41, 5.74) is 7.18. The van der Waals surface area contributed by atoms with Crippen LogP contribution in [0.25, 0.3) is 0 Å². The summed E-state index contributed by atoms with van der Waals surface area (Å²) >= 11 is 4.15. The standard InChI is InChI=1S/C24H34N6O6S/c1-13(2)7-18(22(33)29-19(24(35)36)8-14-3-5-16(31)6-4-14)28-23(34)20(11-37)30-21(32)17(25)9-15-10-26-12-27-15/h3-6,10,12-13,17-20,31,37H,7-9,11,25H2,1-2H3,(H,26,27)(H,28,34)(H,29,33)(H,30,32)(H,35,36). The van der Waals surface area contributed by atoms with Crippen LogP contribution in [-0.4, -0.2) is 73.8 Å². The van der Waals surface area contributed by atoms with Gasteiger partial charge in [-0.25, -0.2) is 9.78 Å². The Morgan fingerprint density at radius 3 is 2.11 bits per heavy atom. The van der Waals surface area contributed by atoms with Gasteiger partial charge in [0.2, 0.25) is 17.7 Å². The maximum atomic E-state index is 13.0. The maximum absolute atomic E-state index is 13.0. The third kappa shape index (κ3) is 9.77. The van der Waals surface area contributed by atoms with Crippen molar-refractivity contribution in [2.45, 2.75) is 57.3 Å². The molecule has 3 amide bonds. The first-order chi connectivity index (χ1) is 17.5. The lowest BCUT2D eigenvalue weighted by atomic mass is 10.0. The summed E-state index contributed by atoms with van der Waals surface area (Å²) in [6, 6.07) is 1.63. The number of aromatic nitrogens is 2. The number of amides is 3. The molecular formula is C24H34N6O6S. The van der Waals surface area contributed by atoms with Crippen LogP contribution in [0.3, 0.4) is 0 Å². The van der Waals surface area contributed by atoms with E-state index in [1.165, 1.54) is 24.7 Å². The number of phenolic OH excluding ortho intramolecular Hbond substituents is 1. The SMILES string of the molecule is CC(C)CC(NC(=O)C(CS)NC(=O)C(N)Cc1cnc[nH]1)C(=O)NC(Cc1ccc(O)cc1)C(=O)O. The van der Waals surface area contributed by atoms with E-state index in [-0.39, 0.29) is 36.7 Å². The Bertz CT molecular complexity index is 1050. The highest BCUT2D eigenvalue weighted by atomic mass is 32.1. The van der Waals surface area contributed by atoms with Crippen molar-refractivity contribution in [3.05, 3.63) is 48.0 Å². The fourth-order valence-corrected chi connectivity index (χ4v) is 3.77. The number of carboxylic acid groups (broad SMARTS) is 1. The number of aliphatic carboxylic acids is 1. The van der Waals surface area contributed by atoms with Crippen LogP contribution < -0.4 is 21.7 Å². The Labute approximate surface area is 220 Å². The molecule has 0 fully saturated rings. The van der Waals surface area contributed by atoms with Gasteiger partial charge in [0, 0.05) is 30.5 Å². The molecule has 0 saturated carbocycles. The second-order valence-corrected chi connectivity index (χ2v) is 9.46. The highest BCUT2D eigenvalue weighted by Gasteiger charge is 2.30. The number of phenols is 1. The number of thiol groups is 1. The number of rotatable bonds is 14. The summed E-state index contributed by atoms with van der Waals surface area (Å²) in [5.74, 6) is -3.17. The zero-order valence-corrected chi connectivity index (χ0v) is 21.6. The summed E-state index contributed by atoms with van der Waals surface area (Å²) in [4.78, 5) is 57.0. The van der Waals surface area contributed by atoms with Gasteiger partial charge in [0.25, 0.3) is 0 Å². The van der Waals surface area contributed by atoms with Crippen LogP contribution in [0.1, 0.15) is 31.5 Å². The van der Waals surface area contributed by atoms with Crippen molar-refractivity contribution in [1.29, 1.82) is 0 Å². The number of carboxylic acids is 1. The largest absolute Gasteiger partial charge is 0.508 e. The van der Waals surface area contributed by atoms with Gasteiger partial charge in [0.15, 0.2) is 0 Å². The van der Waals surface area contributed by atoms with E-state index in [2.05, 4.69) is 38.5 Å². The molecule has 0 spiro atoms. The molecule has 4 unspecified atom stereocenters. The number of nitrogens with two attached hydrogens (primary N) is 1. The van der Waals surface area contributed by atoms with Gasteiger partial charge in [0.1, 0.15) is 23.9 Å². The molecule has 13 heteroatoms. The van der Waals surface area contributed by atoms with E-state index in [0.717, 1.165) is 0 Å². The van der Waals surface area contributed by atoms with Gasteiger partial charge in [-0.3, -0.25) is 14.4 Å². The average molecular weight is 535 g/mol. The fraction of sp³-hybridized carbons (Fsp3) is 0.458. The van der Waals surface area contributed by atoms with Crippen molar-refractivity contribution < 1.29 is 29.4 Å². The predicted octanol–water partition coefficient (Wildman–Crippen LogP) is -0.257. The van der Waals surface area contributed by atoms with Crippen molar-refractivity contribution >= 4 is 36.3 Å². The van der Waals surface area contributed by atoms with Gasteiger partial charge in [-0.15, -0.1) is 0 Å². The maximum Gasteiger partial charge on any atom is 0.326 e.